The number of hydrogen-bond donors (Lipinski definition) is 1. The average molecular weight is 276 g/mol. The molecule has 2 aliphatic heterocycles. The van der Waals surface area contributed by atoms with Crippen LogP contribution in [0.2, 0.25) is 0 Å². The van der Waals surface area contributed by atoms with Gasteiger partial charge in [-0.05, 0) is 42.7 Å². The zero-order chi connectivity index (χ0) is 13.5. The van der Waals surface area contributed by atoms with Crippen LogP contribution >= 0.6 is 11.8 Å². The van der Waals surface area contributed by atoms with Gasteiger partial charge < -0.3 is 5.11 Å². The van der Waals surface area contributed by atoms with E-state index < -0.39 is 5.60 Å². The summed E-state index contributed by atoms with van der Waals surface area (Å²) >= 11 is 2.12. The van der Waals surface area contributed by atoms with Gasteiger partial charge in [-0.25, -0.2) is 0 Å². The summed E-state index contributed by atoms with van der Waals surface area (Å²) in [6.07, 6.45) is 5.81. The molecule has 104 valence electrons. The molecule has 0 saturated carbocycles. The van der Waals surface area contributed by atoms with Crippen LogP contribution in [0, 0.1) is 0 Å². The van der Waals surface area contributed by atoms with Crippen LogP contribution in [-0.2, 0) is 5.60 Å². The second kappa shape index (κ2) is 5.14. The van der Waals surface area contributed by atoms with Gasteiger partial charge in [0.15, 0.2) is 0 Å². The Kier molecular flexibility index (Phi) is 3.65. The summed E-state index contributed by atoms with van der Waals surface area (Å²) in [5.41, 5.74) is 1.94. The van der Waals surface area contributed by atoms with Gasteiger partial charge in [0.05, 0.1) is 5.60 Å². The summed E-state index contributed by atoms with van der Waals surface area (Å²) in [5.74, 6) is 0.481. The molecule has 2 saturated heterocycles. The highest BCUT2D eigenvalue weighted by molar-refractivity contribution is 8.00. The lowest BCUT2D eigenvalue weighted by atomic mass is 9.77. The molecule has 19 heavy (non-hydrogen) atoms. The van der Waals surface area contributed by atoms with Crippen LogP contribution in [0.1, 0.15) is 63.0 Å². The molecule has 0 radical (unpaired) electrons. The van der Waals surface area contributed by atoms with Crippen molar-refractivity contribution in [2.75, 3.05) is 0 Å². The van der Waals surface area contributed by atoms with Gasteiger partial charge in [-0.15, -0.1) is 0 Å². The highest BCUT2D eigenvalue weighted by Crippen LogP contribution is 2.50. The molecule has 0 spiro atoms. The lowest BCUT2D eigenvalue weighted by Crippen LogP contribution is -2.41. The Hall–Kier alpha value is -0.470. The molecule has 2 bridgehead atoms. The Labute approximate surface area is 120 Å². The summed E-state index contributed by atoms with van der Waals surface area (Å²) in [4.78, 5) is 0. The minimum atomic E-state index is -0.581. The second-order valence-electron chi connectivity index (χ2n) is 6.49. The zero-order valence-electron chi connectivity index (χ0n) is 11.9. The standard InChI is InChI=1S/C17H24OS/c1-12(2)15-8-3-4-9-16(15)17(18)10-13-6-5-7-14(11-17)19-13/h3-4,8-9,12-14,18H,5-7,10-11H2,1-2H3. The Balaban J connectivity index is 1.96. The molecule has 2 atom stereocenters. The van der Waals surface area contributed by atoms with E-state index in [1.165, 1.54) is 30.4 Å². The van der Waals surface area contributed by atoms with Gasteiger partial charge >= 0.3 is 0 Å². The van der Waals surface area contributed by atoms with Gasteiger partial charge in [-0.2, -0.15) is 11.8 Å². The fourth-order valence-electron chi connectivity index (χ4n) is 3.76. The Morgan fingerprint density at radius 3 is 2.42 bits per heavy atom. The minimum Gasteiger partial charge on any atom is -0.385 e. The smallest absolute Gasteiger partial charge is 0.0920 e. The number of rotatable bonds is 2. The van der Waals surface area contributed by atoms with Gasteiger partial charge in [0.1, 0.15) is 0 Å². The number of fused-ring (bicyclic) bond motifs is 2. The van der Waals surface area contributed by atoms with Crippen LogP contribution in [0.3, 0.4) is 0 Å². The summed E-state index contributed by atoms with van der Waals surface area (Å²) in [6, 6.07) is 8.52. The van der Waals surface area contributed by atoms with Crippen molar-refractivity contribution in [2.24, 2.45) is 0 Å². The predicted octanol–water partition coefficient (Wildman–Crippen LogP) is 4.45. The third kappa shape index (κ3) is 2.57. The quantitative estimate of drug-likeness (QED) is 0.861. The fraction of sp³-hybridized carbons (Fsp3) is 0.647. The molecular formula is C17H24OS. The third-order valence-electron chi connectivity index (χ3n) is 4.65. The number of hydrogen-bond acceptors (Lipinski definition) is 2. The van der Waals surface area contributed by atoms with Crippen LogP contribution in [0.4, 0.5) is 0 Å². The van der Waals surface area contributed by atoms with Crippen molar-refractivity contribution in [3.05, 3.63) is 35.4 Å². The van der Waals surface area contributed by atoms with Crippen LogP contribution in [0.5, 0.6) is 0 Å². The van der Waals surface area contributed by atoms with E-state index >= 15 is 0 Å². The summed E-state index contributed by atoms with van der Waals surface area (Å²) < 4.78 is 0. The molecule has 2 heterocycles. The minimum absolute atomic E-state index is 0.481. The van der Waals surface area contributed by atoms with Gasteiger partial charge in [-0.3, -0.25) is 0 Å². The molecule has 2 heteroatoms. The molecule has 2 fully saturated rings. The van der Waals surface area contributed by atoms with E-state index in [4.69, 9.17) is 0 Å². The van der Waals surface area contributed by atoms with Gasteiger partial charge in [0.25, 0.3) is 0 Å². The zero-order valence-corrected chi connectivity index (χ0v) is 12.7. The van der Waals surface area contributed by atoms with E-state index in [0.717, 1.165) is 12.8 Å². The topological polar surface area (TPSA) is 20.2 Å². The van der Waals surface area contributed by atoms with Crippen LogP contribution < -0.4 is 0 Å². The predicted molar refractivity (Wildman–Crippen MR) is 82.7 cm³/mol. The fourth-order valence-corrected chi connectivity index (χ4v) is 5.66. The Bertz CT molecular complexity index is 442. The largest absolute Gasteiger partial charge is 0.385 e. The molecule has 0 aliphatic carbocycles. The molecule has 1 N–H and O–H groups in total. The average Bonchev–Trinajstić information content (AvgIpc) is 2.38. The van der Waals surface area contributed by atoms with Crippen molar-refractivity contribution in [3.63, 3.8) is 0 Å². The lowest BCUT2D eigenvalue weighted by Gasteiger charge is -2.45. The molecule has 0 aromatic heterocycles. The Morgan fingerprint density at radius 1 is 1.16 bits per heavy atom. The maximum absolute atomic E-state index is 11.3. The third-order valence-corrected chi connectivity index (χ3v) is 6.23. The lowest BCUT2D eigenvalue weighted by molar-refractivity contribution is 0.00713. The van der Waals surface area contributed by atoms with Crippen molar-refractivity contribution >= 4 is 11.8 Å². The van der Waals surface area contributed by atoms with Crippen molar-refractivity contribution in [1.82, 2.24) is 0 Å². The van der Waals surface area contributed by atoms with E-state index in [9.17, 15) is 5.11 Å². The van der Waals surface area contributed by atoms with E-state index in [0.29, 0.717) is 16.4 Å². The molecular weight excluding hydrogens is 252 g/mol. The monoisotopic (exact) mass is 276 g/mol. The summed E-state index contributed by atoms with van der Waals surface area (Å²) in [7, 11) is 0. The molecule has 1 aromatic carbocycles. The second-order valence-corrected chi connectivity index (χ2v) is 8.10. The van der Waals surface area contributed by atoms with Crippen molar-refractivity contribution in [3.8, 4) is 0 Å². The molecule has 2 aliphatic rings. The first-order valence-electron chi connectivity index (χ1n) is 7.56. The van der Waals surface area contributed by atoms with Crippen LogP contribution in [0.25, 0.3) is 0 Å². The maximum atomic E-state index is 11.3. The number of aliphatic hydroxyl groups is 1. The van der Waals surface area contributed by atoms with Gasteiger partial charge in [0.2, 0.25) is 0 Å². The molecule has 2 unspecified atom stereocenters. The summed E-state index contributed by atoms with van der Waals surface area (Å²) in [6.45, 7) is 4.45. The van der Waals surface area contributed by atoms with E-state index in [1.807, 2.05) is 0 Å². The van der Waals surface area contributed by atoms with E-state index in [-0.39, 0.29) is 0 Å². The van der Waals surface area contributed by atoms with Crippen LogP contribution in [0.15, 0.2) is 24.3 Å². The molecule has 0 amide bonds. The molecule has 1 aromatic rings. The van der Waals surface area contributed by atoms with Crippen molar-refractivity contribution in [1.29, 1.82) is 0 Å². The van der Waals surface area contributed by atoms with E-state index in [1.54, 1.807) is 0 Å². The first-order valence-corrected chi connectivity index (χ1v) is 8.50. The number of thioether (sulfide) groups is 1. The molecule has 3 rings (SSSR count). The van der Waals surface area contributed by atoms with E-state index in [2.05, 4.69) is 49.9 Å². The van der Waals surface area contributed by atoms with Crippen molar-refractivity contribution in [2.45, 2.75) is 68.0 Å². The number of benzene rings is 1. The summed E-state index contributed by atoms with van der Waals surface area (Å²) in [5, 5.41) is 12.6. The van der Waals surface area contributed by atoms with Gasteiger partial charge in [0, 0.05) is 10.5 Å². The molecule has 1 nitrogen and oxygen atoms in total. The highest BCUT2D eigenvalue weighted by atomic mass is 32.2. The highest BCUT2D eigenvalue weighted by Gasteiger charge is 2.43. The normalized spacial score (nSPS) is 34.5. The van der Waals surface area contributed by atoms with Crippen LogP contribution in [-0.4, -0.2) is 15.6 Å². The van der Waals surface area contributed by atoms with Crippen molar-refractivity contribution < 1.29 is 5.11 Å². The maximum Gasteiger partial charge on any atom is 0.0920 e. The van der Waals surface area contributed by atoms with Gasteiger partial charge in [-0.1, -0.05) is 44.5 Å². The first-order chi connectivity index (χ1) is 9.08. The first kappa shape index (κ1) is 13.5. The Morgan fingerprint density at radius 2 is 1.79 bits per heavy atom. The SMILES string of the molecule is CC(C)c1ccccc1C1(O)CC2CCCC(C1)S2.